The molecule has 1 unspecified atom stereocenters. The standard InChI is InChI=1S/C16H21NO2S2/c1-11-8-12(2)16(13(3)9-11)14(17-4)10-21(18,19)15-6-5-7-20-15/h5-9,14,17H,10H2,1-4H3. The quantitative estimate of drug-likeness (QED) is 0.917. The average Bonchev–Trinajstić information content (AvgIpc) is 2.90. The van der Waals surface area contributed by atoms with Gasteiger partial charge in [0.2, 0.25) is 0 Å². The van der Waals surface area contributed by atoms with E-state index in [1.807, 2.05) is 20.9 Å². The summed E-state index contributed by atoms with van der Waals surface area (Å²) in [5.74, 6) is 0.0781. The van der Waals surface area contributed by atoms with Crippen LogP contribution in [0.2, 0.25) is 0 Å². The molecule has 1 atom stereocenters. The number of aryl methyl sites for hydroxylation is 3. The van der Waals surface area contributed by atoms with Crippen LogP contribution < -0.4 is 5.32 Å². The maximum atomic E-state index is 12.5. The van der Waals surface area contributed by atoms with Crippen molar-refractivity contribution in [3.05, 3.63) is 51.9 Å². The minimum atomic E-state index is -3.26. The zero-order valence-corrected chi connectivity index (χ0v) is 14.4. The molecule has 0 spiro atoms. The van der Waals surface area contributed by atoms with Crippen molar-refractivity contribution in [2.75, 3.05) is 12.8 Å². The fourth-order valence-corrected chi connectivity index (χ4v) is 5.42. The van der Waals surface area contributed by atoms with Crippen LogP contribution in [0.4, 0.5) is 0 Å². The zero-order valence-electron chi connectivity index (χ0n) is 12.8. The van der Waals surface area contributed by atoms with Gasteiger partial charge in [-0.3, -0.25) is 0 Å². The SMILES string of the molecule is CNC(CS(=O)(=O)c1cccs1)c1c(C)cc(C)cc1C. The topological polar surface area (TPSA) is 46.2 Å². The van der Waals surface area contributed by atoms with Crippen molar-refractivity contribution >= 4 is 21.2 Å². The van der Waals surface area contributed by atoms with Crippen molar-refractivity contribution < 1.29 is 8.42 Å². The highest BCUT2D eigenvalue weighted by atomic mass is 32.2. The Morgan fingerprint density at radius 1 is 1.19 bits per heavy atom. The summed E-state index contributed by atoms with van der Waals surface area (Å²) in [6.45, 7) is 6.13. The molecule has 21 heavy (non-hydrogen) atoms. The van der Waals surface area contributed by atoms with E-state index in [0.29, 0.717) is 4.21 Å². The van der Waals surface area contributed by atoms with Crippen LogP contribution in [0.15, 0.2) is 33.9 Å². The molecule has 0 aliphatic rings. The molecule has 0 aliphatic heterocycles. The molecule has 0 radical (unpaired) electrons. The highest BCUT2D eigenvalue weighted by Crippen LogP contribution is 2.27. The molecule has 0 aliphatic carbocycles. The van der Waals surface area contributed by atoms with Crippen molar-refractivity contribution in [1.82, 2.24) is 5.32 Å². The second kappa shape index (κ2) is 6.30. The van der Waals surface area contributed by atoms with E-state index in [4.69, 9.17) is 0 Å². The van der Waals surface area contributed by atoms with E-state index in [-0.39, 0.29) is 11.8 Å². The number of sulfone groups is 1. The van der Waals surface area contributed by atoms with Gasteiger partial charge in [-0.2, -0.15) is 0 Å². The van der Waals surface area contributed by atoms with Crippen molar-refractivity contribution in [1.29, 1.82) is 0 Å². The summed E-state index contributed by atoms with van der Waals surface area (Å²) < 4.78 is 25.4. The number of thiophene rings is 1. The molecule has 1 aromatic heterocycles. The molecule has 0 bridgehead atoms. The van der Waals surface area contributed by atoms with Crippen LogP contribution in [-0.4, -0.2) is 21.2 Å². The first-order chi connectivity index (χ1) is 9.85. The molecule has 2 aromatic rings. The Kier molecular flexibility index (Phi) is 4.86. The fourth-order valence-electron chi connectivity index (χ4n) is 2.79. The lowest BCUT2D eigenvalue weighted by Crippen LogP contribution is -2.26. The van der Waals surface area contributed by atoms with Crippen LogP contribution in [0.3, 0.4) is 0 Å². The van der Waals surface area contributed by atoms with E-state index >= 15 is 0 Å². The maximum Gasteiger partial charge on any atom is 0.189 e. The first-order valence-corrected chi connectivity index (χ1v) is 9.39. The van der Waals surface area contributed by atoms with Crippen molar-refractivity contribution in [3.8, 4) is 0 Å². The molecule has 0 fully saturated rings. The molecular weight excluding hydrogens is 302 g/mol. The Bertz CT molecular complexity index is 696. The third-order valence-corrected chi connectivity index (χ3v) is 6.86. The van der Waals surface area contributed by atoms with E-state index in [0.717, 1.165) is 16.7 Å². The molecule has 114 valence electrons. The maximum absolute atomic E-state index is 12.5. The van der Waals surface area contributed by atoms with Crippen molar-refractivity contribution in [2.24, 2.45) is 0 Å². The molecule has 0 saturated carbocycles. The van der Waals surface area contributed by atoms with Gasteiger partial charge < -0.3 is 5.32 Å². The molecular formula is C16H21NO2S2. The predicted octanol–water partition coefficient (Wildman–Crippen LogP) is 3.41. The molecule has 1 aromatic carbocycles. The number of nitrogens with one attached hydrogen (secondary N) is 1. The van der Waals surface area contributed by atoms with Gasteiger partial charge in [-0.25, -0.2) is 8.42 Å². The van der Waals surface area contributed by atoms with E-state index in [1.54, 1.807) is 17.5 Å². The zero-order chi connectivity index (χ0) is 15.6. The predicted molar refractivity (Wildman–Crippen MR) is 88.8 cm³/mol. The summed E-state index contributed by atoms with van der Waals surface area (Å²) in [7, 11) is -1.45. The molecule has 1 N–H and O–H groups in total. The first-order valence-electron chi connectivity index (χ1n) is 6.86. The summed E-state index contributed by atoms with van der Waals surface area (Å²) in [6, 6.07) is 7.45. The third kappa shape index (κ3) is 3.54. The Morgan fingerprint density at radius 3 is 2.29 bits per heavy atom. The lowest BCUT2D eigenvalue weighted by molar-refractivity contribution is 0.574. The van der Waals surface area contributed by atoms with E-state index < -0.39 is 9.84 Å². The van der Waals surface area contributed by atoms with Crippen LogP contribution in [0.1, 0.15) is 28.3 Å². The second-order valence-corrected chi connectivity index (χ2v) is 8.58. The summed E-state index contributed by atoms with van der Waals surface area (Å²) in [4.78, 5) is 0. The normalized spacial score (nSPS) is 13.3. The van der Waals surface area contributed by atoms with Gasteiger partial charge in [0.15, 0.2) is 9.84 Å². The van der Waals surface area contributed by atoms with Crippen LogP contribution in [0, 0.1) is 20.8 Å². The van der Waals surface area contributed by atoms with Crippen LogP contribution in [0.25, 0.3) is 0 Å². The van der Waals surface area contributed by atoms with Gasteiger partial charge in [0, 0.05) is 6.04 Å². The minimum Gasteiger partial charge on any atom is -0.312 e. The molecule has 2 rings (SSSR count). The van der Waals surface area contributed by atoms with Gasteiger partial charge in [-0.15, -0.1) is 11.3 Å². The largest absolute Gasteiger partial charge is 0.312 e. The Balaban J connectivity index is 2.38. The minimum absolute atomic E-state index is 0.0781. The Labute approximate surface area is 130 Å². The molecule has 0 amide bonds. The highest BCUT2D eigenvalue weighted by Gasteiger charge is 2.24. The molecule has 0 saturated heterocycles. The Morgan fingerprint density at radius 2 is 1.81 bits per heavy atom. The van der Waals surface area contributed by atoms with E-state index in [1.165, 1.54) is 16.9 Å². The Hall–Kier alpha value is -1.17. The first kappa shape index (κ1) is 16.2. The fraction of sp³-hybridized carbons (Fsp3) is 0.375. The van der Waals surface area contributed by atoms with Gasteiger partial charge in [-0.1, -0.05) is 23.8 Å². The summed E-state index contributed by atoms with van der Waals surface area (Å²) in [5, 5.41) is 4.96. The van der Waals surface area contributed by atoms with Crippen LogP contribution in [0.5, 0.6) is 0 Å². The number of benzene rings is 1. The number of rotatable bonds is 5. The van der Waals surface area contributed by atoms with Crippen LogP contribution in [-0.2, 0) is 9.84 Å². The van der Waals surface area contributed by atoms with Crippen molar-refractivity contribution in [2.45, 2.75) is 31.0 Å². The van der Waals surface area contributed by atoms with Gasteiger partial charge in [0.1, 0.15) is 4.21 Å². The van der Waals surface area contributed by atoms with E-state index in [9.17, 15) is 8.42 Å². The highest BCUT2D eigenvalue weighted by molar-refractivity contribution is 7.93. The third-order valence-electron chi connectivity index (χ3n) is 3.62. The molecule has 3 nitrogen and oxygen atoms in total. The lowest BCUT2D eigenvalue weighted by Gasteiger charge is -2.21. The second-order valence-electron chi connectivity index (χ2n) is 5.37. The number of hydrogen-bond acceptors (Lipinski definition) is 4. The monoisotopic (exact) mass is 323 g/mol. The smallest absolute Gasteiger partial charge is 0.189 e. The summed E-state index contributed by atoms with van der Waals surface area (Å²) in [6.07, 6.45) is 0. The van der Waals surface area contributed by atoms with Gasteiger partial charge in [-0.05, 0) is 56.0 Å². The summed E-state index contributed by atoms with van der Waals surface area (Å²) in [5.41, 5.74) is 4.55. The average molecular weight is 323 g/mol. The van der Waals surface area contributed by atoms with Gasteiger partial charge in [0.25, 0.3) is 0 Å². The van der Waals surface area contributed by atoms with Gasteiger partial charge in [0.05, 0.1) is 5.75 Å². The van der Waals surface area contributed by atoms with Crippen LogP contribution >= 0.6 is 11.3 Å². The molecule has 1 heterocycles. The number of hydrogen-bond donors (Lipinski definition) is 1. The summed E-state index contributed by atoms with van der Waals surface area (Å²) >= 11 is 1.27. The molecule has 5 heteroatoms. The van der Waals surface area contributed by atoms with E-state index in [2.05, 4.69) is 24.4 Å². The lowest BCUT2D eigenvalue weighted by atomic mass is 9.95. The van der Waals surface area contributed by atoms with Crippen molar-refractivity contribution in [3.63, 3.8) is 0 Å². The van der Waals surface area contributed by atoms with Gasteiger partial charge >= 0.3 is 0 Å².